The highest BCUT2D eigenvalue weighted by molar-refractivity contribution is 5.78. The summed E-state index contributed by atoms with van der Waals surface area (Å²) in [6.07, 6.45) is 5.58. The molecule has 0 aromatic heterocycles. The Morgan fingerprint density at radius 1 is 1.05 bits per heavy atom. The number of rotatable bonds is 3. The predicted molar refractivity (Wildman–Crippen MR) is 86.4 cm³/mol. The first-order valence-electron chi connectivity index (χ1n) is 8.45. The number of likely N-dealkylation sites (tertiary alicyclic amines) is 2. The molecule has 1 aromatic carbocycles. The van der Waals surface area contributed by atoms with Crippen LogP contribution in [-0.2, 0) is 10.4 Å². The highest BCUT2D eigenvalue weighted by Gasteiger charge is 2.39. The van der Waals surface area contributed by atoms with Crippen molar-refractivity contribution in [2.45, 2.75) is 37.7 Å². The van der Waals surface area contributed by atoms with Gasteiger partial charge in [-0.25, -0.2) is 0 Å². The lowest BCUT2D eigenvalue weighted by molar-refractivity contribution is -0.132. The van der Waals surface area contributed by atoms with E-state index in [-0.39, 0.29) is 5.91 Å². The van der Waals surface area contributed by atoms with Crippen molar-refractivity contribution >= 4 is 5.91 Å². The SMILES string of the molecule is O=C(CN1CCCCCC1)N1CCC(O)(c2ccccc2)C1. The third-order valence-corrected chi connectivity index (χ3v) is 4.97. The number of hydrogen-bond donors (Lipinski definition) is 1. The van der Waals surface area contributed by atoms with E-state index in [1.807, 2.05) is 35.2 Å². The van der Waals surface area contributed by atoms with Gasteiger partial charge in [0.2, 0.25) is 5.91 Å². The number of benzene rings is 1. The third kappa shape index (κ3) is 3.50. The smallest absolute Gasteiger partial charge is 0.236 e. The minimum absolute atomic E-state index is 0.161. The Balaban J connectivity index is 1.58. The van der Waals surface area contributed by atoms with Crippen LogP contribution in [0.5, 0.6) is 0 Å². The summed E-state index contributed by atoms with van der Waals surface area (Å²) in [5.41, 5.74) is 0.0375. The number of nitrogens with zero attached hydrogens (tertiary/aromatic N) is 2. The Labute approximate surface area is 132 Å². The van der Waals surface area contributed by atoms with Gasteiger partial charge >= 0.3 is 0 Å². The van der Waals surface area contributed by atoms with Crippen LogP contribution in [0.3, 0.4) is 0 Å². The molecule has 0 radical (unpaired) electrons. The molecule has 2 saturated heterocycles. The molecule has 2 heterocycles. The molecule has 3 rings (SSSR count). The average molecular weight is 302 g/mol. The molecule has 1 unspecified atom stereocenters. The third-order valence-electron chi connectivity index (χ3n) is 4.97. The van der Waals surface area contributed by atoms with Crippen LogP contribution in [0, 0.1) is 0 Å². The van der Waals surface area contributed by atoms with E-state index in [2.05, 4.69) is 4.90 Å². The summed E-state index contributed by atoms with van der Waals surface area (Å²) < 4.78 is 0. The fourth-order valence-electron chi connectivity index (χ4n) is 3.58. The molecule has 4 nitrogen and oxygen atoms in total. The van der Waals surface area contributed by atoms with Crippen LogP contribution >= 0.6 is 0 Å². The number of β-amino-alcohol motifs (C(OH)–C–C–N with tert-alkyl or cyclic N) is 1. The summed E-state index contributed by atoms with van der Waals surface area (Å²) in [5, 5.41) is 10.8. The first kappa shape index (κ1) is 15.5. The lowest BCUT2D eigenvalue weighted by atomic mass is 9.93. The van der Waals surface area contributed by atoms with E-state index >= 15 is 0 Å². The van der Waals surface area contributed by atoms with E-state index in [1.54, 1.807) is 0 Å². The molecule has 2 fully saturated rings. The van der Waals surface area contributed by atoms with E-state index in [0.29, 0.717) is 26.1 Å². The van der Waals surface area contributed by atoms with Gasteiger partial charge in [0.05, 0.1) is 13.1 Å². The summed E-state index contributed by atoms with van der Waals surface area (Å²) in [7, 11) is 0. The van der Waals surface area contributed by atoms with E-state index in [0.717, 1.165) is 18.7 Å². The van der Waals surface area contributed by atoms with Crippen LogP contribution < -0.4 is 0 Å². The molecule has 1 N–H and O–H groups in total. The van der Waals surface area contributed by atoms with Crippen molar-refractivity contribution in [3.63, 3.8) is 0 Å². The van der Waals surface area contributed by atoms with E-state index < -0.39 is 5.60 Å². The van der Waals surface area contributed by atoms with Gasteiger partial charge in [-0.2, -0.15) is 0 Å². The molecule has 0 bridgehead atoms. The molecule has 22 heavy (non-hydrogen) atoms. The Bertz CT molecular complexity index is 497. The molecule has 0 spiro atoms. The Morgan fingerprint density at radius 3 is 2.41 bits per heavy atom. The Kier molecular flexibility index (Phi) is 4.79. The normalized spacial score (nSPS) is 26.9. The van der Waals surface area contributed by atoms with Gasteiger partial charge in [0.25, 0.3) is 0 Å². The van der Waals surface area contributed by atoms with Crippen LogP contribution in [0.1, 0.15) is 37.7 Å². The number of aliphatic hydroxyl groups is 1. The van der Waals surface area contributed by atoms with Gasteiger partial charge in [-0.15, -0.1) is 0 Å². The second kappa shape index (κ2) is 6.80. The van der Waals surface area contributed by atoms with Gasteiger partial charge in [-0.05, 0) is 37.9 Å². The van der Waals surface area contributed by atoms with E-state index in [4.69, 9.17) is 0 Å². The minimum atomic E-state index is -0.879. The molecular formula is C18H26N2O2. The quantitative estimate of drug-likeness (QED) is 0.928. The van der Waals surface area contributed by atoms with Gasteiger partial charge < -0.3 is 10.0 Å². The van der Waals surface area contributed by atoms with Gasteiger partial charge in [0.15, 0.2) is 0 Å². The van der Waals surface area contributed by atoms with Crippen molar-refractivity contribution in [1.29, 1.82) is 0 Å². The van der Waals surface area contributed by atoms with Crippen molar-refractivity contribution in [3.8, 4) is 0 Å². The second-order valence-corrected chi connectivity index (χ2v) is 6.65. The maximum absolute atomic E-state index is 12.5. The summed E-state index contributed by atoms with van der Waals surface area (Å²) >= 11 is 0. The van der Waals surface area contributed by atoms with Crippen LogP contribution in [-0.4, -0.2) is 53.5 Å². The van der Waals surface area contributed by atoms with Crippen molar-refractivity contribution in [2.75, 3.05) is 32.7 Å². The second-order valence-electron chi connectivity index (χ2n) is 6.65. The van der Waals surface area contributed by atoms with Crippen LogP contribution in [0.25, 0.3) is 0 Å². The zero-order chi connectivity index (χ0) is 15.4. The van der Waals surface area contributed by atoms with Gasteiger partial charge in [0, 0.05) is 6.54 Å². The minimum Gasteiger partial charge on any atom is -0.383 e. The molecule has 1 aromatic rings. The van der Waals surface area contributed by atoms with E-state index in [1.165, 1.54) is 25.7 Å². The first-order chi connectivity index (χ1) is 10.7. The van der Waals surface area contributed by atoms with Crippen molar-refractivity contribution in [3.05, 3.63) is 35.9 Å². The molecule has 2 aliphatic rings. The molecular weight excluding hydrogens is 276 g/mol. The molecule has 0 saturated carbocycles. The summed E-state index contributed by atoms with van der Waals surface area (Å²) in [6, 6.07) is 9.72. The van der Waals surface area contributed by atoms with Crippen molar-refractivity contribution < 1.29 is 9.90 Å². The fourth-order valence-corrected chi connectivity index (χ4v) is 3.58. The monoisotopic (exact) mass is 302 g/mol. The first-order valence-corrected chi connectivity index (χ1v) is 8.45. The van der Waals surface area contributed by atoms with Crippen LogP contribution in [0.15, 0.2) is 30.3 Å². The molecule has 4 heteroatoms. The highest BCUT2D eigenvalue weighted by atomic mass is 16.3. The van der Waals surface area contributed by atoms with Gasteiger partial charge in [0.1, 0.15) is 5.60 Å². The standard InChI is InChI=1S/C18H26N2O2/c21-17(14-19-11-6-1-2-7-12-19)20-13-10-18(22,15-20)16-8-4-3-5-9-16/h3-5,8-9,22H,1-2,6-7,10-15H2. The topological polar surface area (TPSA) is 43.8 Å². The maximum Gasteiger partial charge on any atom is 0.236 e. The van der Waals surface area contributed by atoms with Crippen molar-refractivity contribution in [1.82, 2.24) is 9.80 Å². The Morgan fingerprint density at radius 2 is 1.73 bits per heavy atom. The highest BCUT2D eigenvalue weighted by Crippen LogP contribution is 2.31. The van der Waals surface area contributed by atoms with Crippen LogP contribution in [0.4, 0.5) is 0 Å². The predicted octanol–water partition coefficient (Wildman–Crippen LogP) is 1.98. The molecule has 1 amide bonds. The maximum atomic E-state index is 12.5. The molecule has 0 aliphatic carbocycles. The zero-order valence-corrected chi connectivity index (χ0v) is 13.2. The number of hydrogen-bond acceptors (Lipinski definition) is 3. The molecule has 1 atom stereocenters. The van der Waals surface area contributed by atoms with Gasteiger partial charge in [-0.1, -0.05) is 43.2 Å². The lowest BCUT2D eigenvalue weighted by Crippen LogP contribution is -2.41. The lowest BCUT2D eigenvalue weighted by Gasteiger charge is -2.26. The number of carbonyl (C=O) groups excluding carboxylic acids is 1. The molecule has 2 aliphatic heterocycles. The average Bonchev–Trinajstić information content (AvgIpc) is 2.78. The number of carbonyl (C=O) groups is 1. The van der Waals surface area contributed by atoms with Gasteiger partial charge in [-0.3, -0.25) is 9.69 Å². The van der Waals surface area contributed by atoms with Crippen LogP contribution in [0.2, 0.25) is 0 Å². The largest absolute Gasteiger partial charge is 0.383 e. The summed E-state index contributed by atoms with van der Waals surface area (Å²) in [4.78, 5) is 16.6. The zero-order valence-electron chi connectivity index (χ0n) is 13.2. The van der Waals surface area contributed by atoms with E-state index in [9.17, 15) is 9.90 Å². The summed E-state index contributed by atoms with van der Waals surface area (Å²) in [6.45, 7) is 3.64. The Hall–Kier alpha value is -1.39. The fraction of sp³-hybridized carbons (Fsp3) is 0.611. The van der Waals surface area contributed by atoms with Crippen molar-refractivity contribution in [2.24, 2.45) is 0 Å². The molecule has 120 valence electrons. The number of amides is 1. The summed E-state index contributed by atoms with van der Waals surface area (Å²) in [5.74, 6) is 0.161.